The molecule has 0 radical (unpaired) electrons. The number of carbonyl (C=O) groups is 1. The lowest BCUT2D eigenvalue weighted by molar-refractivity contribution is -0.121. The van der Waals surface area contributed by atoms with Crippen molar-refractivity contribution in [2.45, 2.75) is 40.2 Å². The molecule has 2 rings (SSSR count). The van der Waals surface area contributed by atoms with Crippen LogP contribution in [0.4, 0.5) is 0 Å². The minimum atomic E-state index is -0.0493. The molecular weight excluding hydrogens is 278 g/mol. The highest BCUT2D eigenvalue weighted by Gasteiger charge is 2.14. The Balaban J connectivity index is 1.96. The van der Waals surface area contributed by atoms with Gasteiger partial charge in [-0.25, -0.2) is 9.97 Å². The van der Waals surface area contributed by atoms with Gasteiger partial charge in [-0.15, -0.1) is 22.7 Å². The van der Waals surface area contributed by atoms with E-state index in [-0.39, 0.29) is 11.9 Å². The van der Waals surface area contributed by atoms with E-state index >= 15 is 0 Å². The minimum absolute atomic E-state index is 0.0184. The first kappa shape index (κ1) is 14.1. The average molecular weight is 295 g/mol. The van der Waals surface area contributed by atoms with Crippen molar-refractivity contribution in [1.82, 2.24) is 15.3 Å². The topological polar surface area (TPSA) is 54.9 Å². The molecule has 0 aliphatic heterocycles. The number of amides is 1. The van der Waals surface area contributed by atoms with Gasteiger partial charge in [-0.1, -0.05) is 0 Å². The number of aromatic nitrogens is 2. The summed E-state index contributed by atoms with van der Waals surface area (Å²) in [5, 5.41) is 6.99. The Morgan fingerprint density at radius 2 is 2.05 bits per heavy atom. The summed E-state index contributed by atoms with van der Waals surface area (Å²) < 4.78 is 0. The van der Waals surface area contributed by atoms with E-state index in [4.69, 9.17) is 0 Å². The zero-order valence-electron chi connectivity index (χ0n) is 11.5. The van der Waals surface area contributed by atoms with Gasteiger partial charge in [-0.2, -0.15) is 0 Å². The van der Waals surface area contributed by atoms with Gasteiger partial charge in [0.1, 0.15) is 0 Å². The minimum Gasteiger partial charge on any atom is -0.348 e. The first-order valence-corrected chi connectivity index (χ1v) is 7.79. The summed E-state index contributed by atoms with van der Waals surface area (Å²) in [6.45, 7) is 7.82. The van der Waals surface area contributed by atoms with E-state index in [1.165, 1.54) is 0 Å². The van der Waals surface area contributed by atoms with Crippen LogP contribution in [0.1, 0.15) is 39.2 Å². The van der Waals surface area contributed by atoms with Gasteiger partial charge < -0.3 is 5.32 Å². The molecule has 0 aromatic carbocycles. The van der Waals surface area contributed by atoms with E-state index in [1.54, 1.807) is 22.7 Å². The van der Waals surface area contributed by atoms with Gasteiger partial charge in [0, 0.05) is 10.3 Å². The zero-order valence-corrected chi connectivity index (χ0v) is 13.1. The van der Waals surface area contributed by atoms with Crippen LogP contribution in [0.5, 0.6) is 0 Å². The van der Waals surface area contributed by atoms with E-state index in [2.05, 4.69) is 15.3 Å². The highest BCUT2D eigenvalue weighted by atomic mass is 32.1. The van der Waals surface area contributed by atoms with Crippen LogP contribution in [0.3, 0.4) is 0 Å². The summed E-state index contributed by atoms with van der Waals surface area (Å²) in [5.41, 5.74) is 1.88. The van der Waals surface area contributed by atoms with Crippen LogP contribution in [0.15, 0.2) is 5.38 Å². The van der Waals surface area contributed by atoms with Crippen LogP contribution >= 0.6 is 22.7 Å². The van der Waals surface area contributed by atoms with Crippen LogP contribution in [-0.4, -0.2) is 15.9 Å². The molecule has 0 saturated carbocycles. The lowest BCUT2D eigenvalue weighted by Crippen LogP contribution is -2.28. The number of hydrogen-bond donors (Lipinski definition) is 1. The summed E-state index contributed by atoms with van der Waals surface area (Å²) >= 11 is 3.18. The summed E-state index contributed by atoms with van der Waals surface area (Å²) in [7, 11) is 0. The molecular formula is C13H17N3OS2. The normalized spacial score (nSPS) is 12.4. The predicted molar refractivity (Wildman–Crippen MR) is 78.7 cm³/mol. The third kappa shape index (κ3) is 3.61. The van der Waals surface area contributed by atoms with Gasteiger partial charge in [-0.05, 0) is 27.7 Å². The first-order chi connectivity index (χ1) is 8.95. The zero-order chi connectivity index (χ0) is 14.0. The van der Waals surface area contributed by atoms with Crippen LogP contribution in [-0.2, 0) is 11.2 Å². The highest BCUT2D eigenvalue weighted by molar-refractivity contribution is 7.11. The number of hydrogen-bond acceptors (Lipinski definition) is 5. The molecule has 102 valence electrons. The number of nitrogens with zero attached hydrogens (tertiary/aromatic N) is 2. The maximum absolute atomic E-state index is 12.0. The monoisotopic (exact) mass is 295 g/mol. The molecule has 0 spiro atoms. The predicted octanol–water partition coefficient (Wildman–Crippen LogP) is 2.94. The molecule has 0 aliphatic rings. The maximum Gasteiger partial charge on any atom is 0.225 e. The van der Waals surface area contributed by atoms with Gasteiger partial charge in [0.25, 0.3) is 0 Å². The van der Waals surface area contributed by atoms with Gasteiger partial charge in [0.15, 0.2) is 0 Å². The Morgan fingerprint density at radius 3 is 2.58 bits per heavy atom. The number of rotatable bonds is 4. The van der Waals surface area contributed by atoms with E-state index in [0.29, 0.717) is 6.42 Å². The average Bonchev–Trinajstić information content (AvgIpc) is 2.86. The summed E-state index contributed by atoms with van der Waals surface area (Å²) in [6.07, 6.45) is 0.394. The summed E-state index contributed by atoms with van der Waals surface area (Å²) in [6, 6.07) is -0.0493. The molecule has 1 amide bonds. The van der Waals surface area contributed by atoms with Gasteiger partial charge in [-0.3, -0.25) is 4.79 Å². The smallest absolute Gasteiger partial charge is 0.225 e. The standard InChI is InChI=1S/C13H17N3OS2/c1-7(11-6-18-9(3)16-11)15-13(17)5-12-8(2)14-10(4)19-12/h6-7H,5H2,1-4H3,(H,15,17). The Labute approximate surface area is 120 Å². The molecule has 2 aromatic rings. The Bertz CT molecular complexity index is 588. The Morgan fingerprint density at radius 1 is 1.32 bits per heavy atom. The SMILES string of the molecule is Cc1nc(C(C)NC(=O)Cc2sc(C)nc2C)cs1. The molecule has 0 bridgehead atoms. The Kier molecular flexibility index (Phi) is 4.31. The molecule has 1 unspecified atom stereocenters. The fourth-order valence-corrected chi connectivity index (χ4v) is 3.47. The number of aryl methyl sites for hydroxylation is 3. The van der Waals surface area contributed by atoms with Crippen molar-refractivity contribution in [3.05, 3.63) is 31.7 Å². The van der Waals surface area contributed by atoms with Crippen molar-refractivity contribution in [2.24, 2.45) is 0 Å². The number of thiazole rings is 2. The lowest BCUT2D eigenvalue weighted by atomic mass is 10.2. The quantitative estimate of drug-likeness (QED) is 0.943. The number of carbonyl (C=O) groups excluding carboxylic acids is 1. The largest absolute Gasteiger partial charge is 0.348 e. The third-order valence-corrected chi connectivity index (χ3v) is 4.64. The highest BCUT2D eigenvalue weighted by Crippen LogP contribution is 2.19. The van der Waals surface area contributed by atoms with Crippen molar-refractivity contribution in [3.63, 3.8) is 0 Å². The fourth-order valence-electron chi connectivity index (χ4n) is 1.83. The second-order valence-corrected chi connectivity index (χ2v) is 6.85. The second kappa shape index (κ2) is 5.79. The second-order valence-electron chi connectivity index (χ2n) is 4.50. The molecule has 0 fully saturated rings. The maximum atomic E-state index is 12.0. The van der Waals surface area contributed by atoms with E-state index in [0.717, 1.165) is 26.3 Å². The van der Waals surface area contributed by atoms with Gasteiger partial charge in [0.05, 0.1) is 33.9 Å². The molecule has 6 heteroatoms. The van der Waals surface area contributed by atoms with Gasteiger partial charge >= 0.3 is 0 Å². The van der Waals surface area contributed by atoms with Crippen LogP contribution in [0.2, 0.25) is 0 Å². The van der Waals surface area contributed by atoms with Crippen molar-refractivity contribution in [2.75, 3.05) is 0 Å². The molecule has 2 aromatic heterocycles. The Hall–Kier alpha value is -1.27. The van der Waals surface area contributed by atoms with Gasteiger partial charge in [0.2, 0.25) is 5.91 Å². The van der Waals surface area contributed by atoms with Crippen molar-refractivity contribution >= 4 is 28.6 Å². The molecule has 4 nitrogen and oxygen atoms in total. The molecule has 19 heavy (non-hydrogen) atoms. The van der Waals surface area contributed by atoms with Crippen LogP contribution in [0.25, 0.3) is 0 Å². The summed E-state index contributed by atoms with van der Waals surface area (Å²) in [4.78, 5) is 21.8. The fraction of sp³-hybridized carbons (Fsp3) is 0.462. The van der Waals surface area contributed by atoms with E-state index in [1.807, 2.05) is 33.1 Å². The molecule has 1 N–H and O–H groups in total. The first-order valence-electron chi connectivity index (χ1n) is 6.10. The van der Waals surface area contributed by atoms with Crippen LogP contribution in [0, 0.1) is 20.8 Å². The number of nitrogens with one attached hydrogen (secondary N) is 1. The van der Waals surface area contributed by atoms with E-state index in [9.17, 15) is 4.79 Å². The van der Waals surface area contributed by atoms with Crippen molar-refractivity contribution < 1.29 is 4.79 Å². The van der Waals surface area contributed by atoms with E-state index < -0.39 is 0 Å². The third-order valence-electron chi connectivity index (χ3n) is 2.78. The van der Waals surface area contributed by atoms with Crippen molar-refractivity contribution in [1.29, 1.82) is 0 Å². The van der Waals surface area contributed by atoms with Crippen LogP contribution < -0.4 is 5.32 Å². The summed E-state index contributed by atoms with van der Waals surface area (Å²) in [5.74, 6) is 0.0184. The molecule has 0 saturated heterocycles. The van der Waals surface area contributed by atoms with Crippen molar-refractivity contribution in [3.8, 4) is 0 Å². The molecule has 1 atom stereocenters. The molecule has 2 heterocycles. The lowest BCUT2D eigenvalue weighted by Gasteiger charge is -2.11. The molecule has 0 aliphatic carbocycles.